The number of oxazole rings is 1. The molecule has 1 aliphatic heterocycles. The van der Waals surface area contributed by atoms with Crippen molar-refractivity contribution in [2.75, 3.05) is 23.3 Å². The number of pyridine rings is 1. The van der Waals surface area contributed by atoms with Gasteiger partial charge in [0, 0.05) is 37.6 Å². The highest BCUT2D eigenvalue weighted by atomic mass is 16.4. The van der Waals surface area contributed by atoms with Crippen LogP contribution in [0.3, 0.4) is 0 Å². The van der Waals surface area contributed by atoms with E-state index in [9.17, 15) is 9.90 Å². The quantitative estimate of drug-likeness (QED) is 0.689. The summed E-state index contributed by atoms with van der Waals surface area (Å²) < 4.78 is 7.21. The van der Waals surface area contributed by atoms with Gasteiger partial charge >= 0.3 is 0 Å². The number of carbonyl (C=O) groups excluding carboxylic acids is 1. The molecule has 0 bridgehead atoms. The van der Waals surface area contributed by atoms with Gasteiger partial charge in [0.25, 0.3) is 6.01 Å². The topological polar surface area (TPSA) is 109 Å². The predicted molar refractivity (Wildman–Crippen MR) is 102 cm³/mol. The van der Waals surface area contributed by atoms with Crippen LogP contribution in [0.15, 0.2) is 22.9 Å². The van der Waals surface area contributed by atoms with Crippen molar-refractivity contribution in [3.63, 3.8) is 0 Å². The lowest BCUT2D eigenvalue weighted by Crippen LogP contribution is -2.21. The second-order valence-electron chi connectivity index (χ2n) is 7.65. The Morgan fingerprint density at radius 3 is 2.96 bits per heavy atom. The van der Waals surface area contributed by atoms with Gasteiger partial charge in [-0.2, -0.15) is 10.1 Å². The van der Waals surface area contributed by atoms with Gasteiger partial charge in [0.15, 0.2) is 5.65 Å². The van der Waals surface area contributed by atoms with Crippen molar-refractivity contribution in [1.82, 2.24) is 19.7 Å². The van der Waals surface area contributed by atoms with Crippen LogP contribution >= 0.6 is 0 Å². The molecule has 3 aromatic rings. The Balaban J connectivity index is 1.32. The predicted octanol–water partition coefficient (Wildman–Crippen LogP) is 1.59. The number of hydrogen-bond acceptors (Lipinski definition) is 7. The Morgan fingerprint density at radius 1 is 1.36 bits per heavy atom. The minimum absolute atomic E-state index is 0.120. The summed E-state index contributed by atoms with van der Waals surface area (Å²) in [4.78, 5) is 23.6. The fourth-order valence-electron chi connectivity index (χ4n) is 3.65. The number of anilines is 2. The Hall–Kier alpha value is -2.94. The van der Waals surface area contributed by atoms with Crippen LogP contribution < -0.4 is 10.2 Å². The number of β-amino-alcohol motifs (C(OH)–C–C–N with tert-alkyl or cyclic N) is 1. The Bertz CT molecular complexity index is 1040. The minimum Gasteiger partial charge on any atom is -0.432 e. The normalized spacial score (nSPS) is 19.5. The van der Waals surface area contributed by atoms with E-state index in [4.69, 9.17) is 4.42 Å². The van der Waals surface area contributed by atoms with E-state index in [2.05, 4.69) is 20.4 Å². The van der Waals surface area contributed by atoms with E-state index >= 15 is 0 Å². The van der Waals surface area contributed by atoms with Crippen molar-refractivity contribution in [3.8, 4) is 0 Å². The standard InChI is InChI=1S/C19H22N6O3/c1-24-8-12-6-15(17(11-2-3-11)22-18(12)23-24)21-16(27)7-13-10-28-19(20-13)25-5-4-14(26)9-25/h6,8,10-11,14,26H,2-5,7,9H2,1H3,(H,21,27)/t14-/m0/s1. The third-order valence-corrected chi connectivity index (χ3v) is 5.19. The Kier molecular flexibility index (Phi) is 4.04. The minimum atomic E-state index is -0.352. The SMILES string of the molecule is Cn1cc2cc(NC(=O)Cc3coc(N4CC[C@H](O)C4)n3)c(C3CC3)nc2n1. The van der Waals surface area contributed by atoms with Crippen LogP contribution in [-0.2, 0) is 18.3 Å². The van der Waals surface area contributed by atoms with Gasteiger partial charge in [0.2, 0.25) is 5.91 Å². The third-order valence-electron chi connectivity index (χ3n) is 5.19. The molecule has 2 fully saturated rings. The first-order valence-electron chi connectivity index (χ1n) is 9.57. The fourth-order valence-corrected chi connectivity index (χ4v) is 3.65. The molecule has 2 N–H and O–H groups in total. The number of aliphatic hydroxyl groups excluding tert-OH is 1. The second kappa shape index (κ2) is 6.59. The van der Waals surface area contributed by atoms with Gasteiger partial charge < -0.3 is 19.7 Å². The van der Waals surface area contributed by atoms with Gasteiger partial charge in [-0.3, -0.25) is 9.48 Å². The van der Waals surface area contributed by atoms with E-state index in [1.165, 1.54) is 6.26 Å². The number of aromatic nitrogens is 4. The van der Waals surface area contributed by atoms with Crippen LogP contribution in [0.5, 0.6) is 0 Å². The third kappa shape index (κ3) is 3.33. The summed E-state index contributed by atoms with van der Waals surface area (Å²) in [5.74, 6) is 0.232. The highest BCUT2D eigenvalue weighted by Gasteiger charge is 2.29. The lowest BCUT2D eigenvalue weighted by molar-refractivity contribution is -0.115. The summed E-state index contributed by atoms with van der Waals surface area (Å²) in [5.41, 5.74) is 2.93. The monoisotopic (exact) mass is 382 g/mol. The van der Waals surface area contributed by atoms with Crippen LogP contribution in [0.2, 0.25) is 0 Å². The van der Waals surface area contributed by atoms with E-state index in [1.54, 1.807) is 4.68 Å². The van der Waals surface area contributed by atoms with Gasteiger partial charge in [0.1, 0.15) is 6.26 Å². The lowest BCUT2D eigenvalue weighted by atomic mass is 10.2. The van der Waals surface area contributed by atoms with Crippen molar-refractivity contribution in [3.05, 3.63) is 29.9 Å². The van der Waals surface area contributed by atoms with Crippen molar-refractivity contribution < 1.29 is 14.3 Å². The highest BCUT2D eigenvalue weighted by molar-refractivity contribution is 5.94. The smallest absolute Gasteiger partial charge is 0.297 e. The van der Waals surface area contributed by atoms with Crippen LogP contribution in [0.25, 0.3) is 11.0 Å². The first-order chi connectivity index (χ1) is 13.5. The molecule has 146 valence electrons. The van der Waals surface area contributed by atoms with Crippen molar-refractivity contribution >= 4 is 28.6 Å². The molecular formula is C19H22N6O3. The number of hydrogen-bond donors (Lipinski definition) is 2. The molecule has 5 rings (SSSR count). The van der Waals surface area contributed by atoms with Gasteiger partial charge in [-0.15, -0.1) is 0 Å². The average Bonchev–Trinajstić information content (AvgIpc) is 3.04. The zero-order chi connectivity index (χ0) is 19.3. The van der Waals surface area contributed by atoms with Crippen molar-refractivity contribution in [2.24, 2.45) is 7.05 Å². The van der Waals surface area contributed by atoms with Gasteiger partial charge in [-0.05, 0) is 25.3 Å². The van der Waals surface area contributed by atoms with Gasteiger partial charge in [-0.1, -0.05) is 0 Å². The van der Waals surface area contributed by atoms with Crippen molar-refractivity contribution in [1.29, 1.82) is 0 Å². The summed E-state index contributed by atoms with van der Waals surface area (Å²) in [6.45, 7) is 1.21. The molecule has 0 aromatic carbocycles. The maximum Gasteiger partial charge on any atom is 0.297 e. The molecule has 0 unspecified atom stereocenters. The first-order valence-corrected chi connectivity index (χ1v) is 9.57. The van der Waals surface area contributed by atoms with E-state index in [0.717, 1.165) is 29.6 Å². The lowest BCUT2D eigenvalue weighted by Gasteiger charge is -2.11. The molecule has 4 heterocycles. The number of carbonyl (C=O) groups is 1. The van der Waals surface area contributed by atoms with Crippen LogP contribution in [0, 0.1) is 0 Å². The molecular weight excluding hydrogens is 360 g/mol. The summed E-state index contributed by atoms with van der Waals surface area (Å²) >= 11 is 0. The largest absolute Gasteiger partial charge is 0.432 e. The van der Waals surface area contributed by atoms with Gasteiger partial charge in [-0.25, -0.2) is 4.98 Å². The summed E-state index contributed by atoms with van der Waals surface area (Å²) in [7, 11) is 1.86. The molecule has 9 heteroatoms. The van der Waals surface area contributed by atoms with Crippen LogP contribution in [-0.4, -0.2) is 50.0 Å². The number of amides is 1. The van der Waals surface area contributed by atoms with E-state index in [-0.39, 0.29) is 18.4 Å². The first kappa shape index (κ1) is 17.2. The number of nitrogens with one attached hydrogen (secondary N) is 1. The van der Waals surface area contributed by atoms with Crippen molar-refractivity contribution in [2.45, 2.75) is 37.7 Å². The zero-order valence-electron chi connectivity index (χ0n) is 15.6. The van der Waals surface area contributed by atoms with Crippen LogP contribution in [0.4, 0.5) is 11.7 Å². The molecule has 1 atom stereocenters. The zero-order valence-corrected chi connectivity index (χ0v) is 15.6. The van der Waals surface area contributed by atoms with E-state index in [0.29, 0.717) is 42.8 Å². The summed E-state index contributed by atoms with van der Waals surface area (Å²) in [6.07, 6.45) is 6.04. The summed E-state index contributed by atoms with van der Waals surface area (Å²) in [5, 5.41) is 17.9. The van der Waals surface area contributed by atoms with E-state index in [1.807, 2.05) is 24.2 Å². The number of nitrogens with zero attached hydrogens (tertiary/aromatic N) is 5. The maximum absolute atomic E-state index is 12.6. The van der Waals surface area contributed by atoms with Crippen LogP contribution in [0.1, 0.15) is 36.6 Å². The molecule has 9 nitrogen and oxygen atoms in total. The maximum atomic E-state index is 12.6. The molecule has 0 radical (unpaired) electrons. The second-order valence-corrected chi connectivity index (χ2v) is 7.65. The summed E-state index contributed by atoms with van der Waals surface area (Å²) in [6, 6.07) is 2.40. The van der Waals surface area contributed by atoms with E-state index < -0.39 is 0 Å². The molecule has 1 saturated heterocycles. The number of aryl methyl sites for hydroxylation is 1. The number of fused-ring (bicyclic) bond motifs is 1. The Labute approximate surface area is 161 Å². The average molecular weight is 382 g/mol. The molecule has 1 saturated carbocycles. The number of aliphatic hydroxyl groups is 1. The molecule has 3 aromatic heterocycles. The molecule has 2 aliphatic rings. The molecule has 28 heavy (non-hydrogen) atoms. The molecule has 0 spiro atoms. The highest BCUT2D eigenvalue weighted by Crippen LogP contribution is 2.43. The fraction of sp³-hybridized carbons (Fsp3) is 0.474. The Morgan fingerprint density at radius 2 is 2.21 bits per heavy atom. The molecule has 1 amide bonds. The molecule has 1 aliphatic carbocycles. The number of rotatable bonds is 5. The van der Waals surface area contributed by atoms with Gasteiger partial charge in [0.05, 0.1) is 29.6 Å².